The van der Waals surface area contributed by atoms with Crippen LogP contribution in [0, 0.1) is 0 Å². The smallest absolute Gasteiger partial charge is 0.307 e. The van der Waals surface area contributed by atoms with E-state index in [0.29, 0.717) is 23.4 Å². The first-order valence-electron chi connectivity index (χ1n) is 9.58. The zero-order valence-electron chi connectivity index (χ0n) is 16.6. The van der Waals surface area contributed by atoms with Crippen molar-refractivity contribution >= 4 is 23.3 Å². The number of H-pyrrole nitrogens is 1. The summed E-state index contributed by atoms with van der Waals surface area (Å²) in [7, 11) is 0. The number of nitrogens with one attached hydrogen (secondary N) is 4. The molecule has 4 N–H and O–H groups in total. The van der Waals surface area contributed by atoms with E-state index in [0.717, 1.165) is 5.56 Å². The molecule has 0 unspecified atom stereocenters. The van der Waals surface area contributed by atoms with E-state index in [4.69, 9.17) is 0 Å². The molecule has 4 rings (SSSR count). The maximum absolute atomic E-state index is 12.4. The molecule has 11 nitrogen and oxygen atoms in total. The van der Waals surface area contributed by atoms with Gasteiger partial charge in [-0.3, -0.25) is 19.6 Å². The number of carbonyl (C=O) groups is 1. The molecule has 0 aliphatic heterocycles. The molecule has 158 valence electrons. The first kappa shape index (κ1) is 19.9. The van der Waals surface area contributed by atoms with Crippen LogP contribution in [-0.4, -0.2) is 30.2 Å². The fraction of sp³-hybridized carbons (Fsp3) is 0.150. The number of benzene rings is 1. The summed E-state index contributed by atoms with van der Waals surface area (Å²) in [4.78, 5) is 42.9. The quantitative estimate of drug-likeness (QED) is 0.347. The molecule has 2 amide bonds. The van der Waals surface area contributed by atoms with Crippen molar-refractivity contribution in [2.45, 2.75) is 19.9 Å². The molecular weight excluding hydrogens is 400 g/mol. The van der Waals surface area contributed by atoms with Crippen molar-refractivity contribution in [2.24, 2.45) is 0 Å². The van der Waals surface area contributed by atoms with E-state index >= 15 is 0 Å². The van der Waals surface area contributed by atoms with Gasteiger partial charge in [-0.25, -0.2) is 24.7 Å². The van der Waals surface area contributed by atoms with E-state index in [1.165, 1.54) is 15.1 Å². The minimum absolute atomic E-state index is 0.138. The van der Waals surface area contributed by atoms with Crippen molar-refractivity contribution in [3.05, 3.63) is 86.8 Å². The van der Waals surface area contributed by atoms with Gasteiger partial charge >= 0.3 is 11.7 Å². The van der Waals surface area contributed by atoms with Crippen LogP contribution in [0.4, 0.5) is 16.4 Å². The lowest BCUT2D eigenvalue weighted by atomic mass is 10.2. The van der Waals surface area contributed by atoms with Crippen molar-refractivity contribution in [3.8, 4) is 0 Å². The minimum Gasteiger partial charge on any atom is -0.307 e. The van der Waals surface area contributed by atoms with Gasteiger partial charge in [0.05, 0.1) is 6.54 Å². The lowest BCUT2D eigenvalue weighted by molar-refractivity contribution is 0.253. The molecule has 0 aliphatic rings. The summed E-state index contributed by atoms with van der Waals surface area (Å²) in [6, 6.07) is 13.2. The largest absolute Gasteiger partial charge is 0.350 e. The molecule has 0 atom stereocenters. The fourth-order valence-corrected chi connectivity index (χ4v) is 3.02. The highest BCUT2D eigenvalue weighted by molar-refractivity contribution is 5.89. The Balaban J connectivity index is 1.41. The van der Waals surface area contributed by atoms with Gasteiger partial charge in [-0.2, -0.15) is 0 Å². The first-order valence-corrected chi connectivity index (χ1v) is 9.58. The van der Waals surface area contributed by atoms with E-state index < -0.39 is 6.03 Å². The van der Waals surface area contributed by atoms with Crippen LogP contribution in [0.1, 0.15) is 18.2 Å². The Morgan fingerprint density at radius 1 is 1.13 bits per heavy atom. The van der Waals surface area contributed by atoms with E-state index in [2.05, 4.69) is 31.2 Å². The molecule has 0 saturated heterocycles. The predicted molar refractivity (Wildman–Crippen MR) is 115 cm³/mol. The maximum atomic E-state index is 12.4. The standard InChI is InChI=1S/C20H20N8O3/c1-2-14-11-17(29)23-18(21-14)24-25-19(30)22-15-7-5-6-13(10-15)12-28-20(31)27-9-4-3-8-16(27)26-28/h3-11H,2,12H2,1H3,(H2,22,25,30)(H2,21,23,24,29). The molecule has 3 aromatic heterocycles. The minimum atomic E-state index is -0.549. The van der Waals surface area contributed by atoms with Crippen LogP contribution in [0.15, 0.2) is 64.3 Å². The molecule has 1 aromatic carbocycles. The van der Waals surface area contributed by atoms with E-state index in [1.807, 2.05) is 19.1 Å². The van der Waals surface area contributed by atoms with Gasteiger partial charge in [0.1, 0.15) is 0 Å². The van der Waals surface area contributed by atoms with Crippen LogP contribution in [0.25, 0.3) is 5.65 Å². The van der Waals surface area contributed by atoms with E-state index in [-0.39, 0.29) is 23.7 Å². The van der Waals surface area contributed by atoms with Gasteiger partial charge in [0.15, 0.2) is 5.65 Å². The molecule has 11 heteroatoms. The number of amides is 2. The van der Waals surface area contributed by atoms with Crippen LogP contribution in [-0.2, 0) is 13.0 Å². The summed E-state index contributed by atoms with van der Waals surface area (Å²) in [6.45, 7) is 2.13. The molecule has 0 bridgehead atoms. The summed E-state index contributed by atoms with van der Waals surface area (Å²) in [5.41, 5.74) is 6.91. The summed E-state index contributed by atoms with van der Waals surface area (Å²) >= 11 is 0. The Hall–Kier alpha value is -4.41. The number of hydrazine groups is 1. The third kappa shape index (κ3) is 4.61. The van der Waals surface area contributed by atoms with Crippen LogP contribution >= 0.6 is 0 Å². The van der Waals surface area contributed by atoms with Crippen molar-refractivity contribution in [3.63, 3.8) is 0 Å². The average molecular weight is 420 g/mol. The molecular formula is C20H20N8O3. The molecule has 0 aliphatic carbocycles. The number of rotatable bonds is 6. The van der Waals surface area contributed by atoms with Crippen LogP contribution in [0.2, 0.25) is 0 Å². The Labute approximate surface area is 175 Å². The monoisotopic (exact) mass is 420 g/mol. The van der Waals surface area contributed by atoms with Crippen LogP contribution in [0.3, 0.4) is 0 Å². The van der Waals surface area contributed by atoms with Gasteiger partial charge in [0, 0.05) is 23.6 Å². The number of pyridine rings is 1. The summed E-state index contributed by atoms with van der Waals surface area (Å²) < 4.78 is 2.83. The van der Waals surface area contributed by atoms with Crippen molar-refractivity contribution in [1.29, 1.82) is 0 Å². The molecule has 0 saturated carbocycles. The zero-order chi connectivity index (χ0) is 21.8. The first-order chi connectivity index (χ1) is 15.0. The number of anilines is 2. The second kappa shape index (κ2) is 8.53. The second-order valence-electron chi connectivity index (χ2n) is 6.71. The highest BCUT2D eigenvalue weighted by Crippen LogP contribution is 2.11. The number of carbonyl (C=O) groups excluding carboxylic acids is 1. The number of fused-ring (bicyclic) bond motifs is 1. The third-order valence-electron chi connectivity index (χ3n) is 4.46. The second-order valence-corrected chi connectivity index (χ2v) is 6.71. The number of hydrogen-bond acceptors (Lipinski definition) is 6. The molecule has 31 heavy (non-hydrogen) atoms. The van der Waals surface area contributed by atoms with Crippen molar-refractivity contribution in [1.82, 2.24) is 29.6 Å². The average Bonchev–Trinajstić information content (AvgIpc) is 3.07. The van der Waals surface area contributed by atoms with E-state index in [1.54, 1.807) is 36.5 Å². The van der Waals surface area contributed by atoms with Crippen LogP contribution in [0.5, 0.6) is 0 Å². The normalized spacial score (nSPS) is 10.7. The number of hydrogen-bond donors (Lipinski definition) is 4. The number of aryl methyl sites for hydroxylation is 1. The molecule has 0 radical (unpaired) electrons. The summed E-state index contributed by atoms with van der Waals surface area (Å²) in [5, 5.41) is 6.98. The van der Waals surface area contributed by atoms with Gasteiger partial charge in [0.2, 0.25) is 5.95 Å². The maximum Gasteiger partial charge on any atom is 0.350 e. The zero-order valence-corrected chi connectivity index (χ0v) is 16.6. The van der Waals surface area contributed by atoms with Gasteiger partial charge in [-0.15, -0.1) is 5.10 Å². The Kier molecular flexibility index (Phi) is 5.47. The van der Waals surface area contributed by atoms with E-state index in [9.17, 15) is 14.4 Å². The number of aromatic nitrogens is 5. The van der Waals surface area contributed by atoms with Gasteiger partial charge in [-0.1, -0.05) is 25.1 Å². The highest BCUT2D eigenvalue weighted by atomic mass is 16.2. The summed E-state index contributed by atoms with van der Waals surface area (Å²) in [5.74, 6) is 0.138. The van der Waals surface area contributed by atoms with Crippen molar-refractivity contribution in [2.75, 3.05) is 10.7 Å². The third-order valence-corrected chi connectivity index (χ3v) is 4.46. The predicted octanol–water partition coefficient (Wildman–Crippen LogP) is 1.34. The lowest BCUT2D eigenvalue weighted by Gasteiger charge is -2.10. The van der Waals surface area contributed by atoms with Gasteiger partial charge in [0.25, 0.3) is 5.56 Å². The number of aromatic amines is 1. The van der Waals surface area contributed by atoms with Gasteiger partial charge in [-0.05, 0) is 36.2 Å². The summed E-state index contributed by atoms with van der Waals surface area (Å²) in [6.07, 6.45) is 2.25. The molecule has 0 fully saturated rings. The number of nitrogens with zero attached hydrogens (tertiary/aromatic N) is 4. The molecule has 3 heterocycles. The fourth-order valence-electron chi connectivity index (χ4n) is 3.02. The lowest BCUT2D eigenvalue weighted by Crippen LogP contribution is -2.35. The van der Waals surface area contributed by atoms with Crippen molar-refractivity contribution < 1.29 is 4.79 Å². The number of urea groups is 1. The van der Waals surface area contributed by atoms with Crippen LogP contribution < -0.4 is 27.4 Å². The Bertz CT molecular complexity index is 1350. The molecule has 4 aromatic rings. The highest BCUT2D eigenvalue weighted by Gasteiger charge is 2.08. The SMILES string of the molecule is CCc1cc(=O)[nH]c(NNC(=O)Nc2cccc(Cn3nc4ccccn4c3=O)c2)n1. The Morgan fingerprint density at radius 2 is 2.00 bits per heavy atom. The Morgan fingerprint density at radius 3 is 2.81 bits per heavy atom. The molecule has 0 spiro atoms. The van der Waals surface area contributed by atoms with Gasteiger partial charge < -0.3 is 5.32 Å². The topological polar surface area (TPSA) is 138 Å².